The van der Waals surface area contributed by atoms with Crippen molar-refractivity contribution < 1.29 is 13.2 Å². The van der Waals surface area contributed by atoms with E-state index >= 15 is 0 Å². The molecule has 2 N–H and O–H groups in total. The summed E-state index contributed by atoms with van der Waals surface area (Å²) in [6, 6.07) is 13.9. The van der Waals surface area contributed by atoms with Gasteiger partial charge >= 0.3 is 0 Å². The van der Waals surface area contributed by atoms with Gasteiger partial charge in [0.05, 0.1) is 15.6 Å². The predicted octanol–water partition coefficient (Wildman–Crippen LogP) is 3.60. The van der Waals surface area contributed by atoms with Crippen molar-refractivity contribution in [3.05, 3.63) is 59.1 Å². The van der Waals surface area contributed by atoms with E-state index in [0.29, 0.717) is 12.1 Å². The zero-order valence-electron chi connectivity index (χ0n) is 14.1. The SMILES string of the molecule is CC(=O)Nc1ccc(S(=O)(=O)NC(C)CCc2ccccc2)cc1Cl. The highest BCUT2D eigenvalue weighted by Crippen LogP contribution is 2.25. The molecule has 5 nitrogen and oxygen atoms in total. The second kappa shape index (κ2) is 8.47. The first-order valence-electron chi connectivity index (χ1n) is 7.91. The van der Waals surface area contributed by atoms with Crippen molar-refractivity contribution in [3.8, 4) is 0 Å². The maximum atomic E-state index is 12.5. The van der Waals surface area contributed by atoms with Crippen LogP contribution in [0.25, 0.3) is 0 Å². The Labute approximate surface area is 153 Å². The quantitative estimate of drug-likeness (QED) is 0.770. The molecule has 2 aromatic carbocycles. The van der Waals surface area contributed by atoms with Gasteiger partial charge in [0.25, 0.3) is 0 Å². The number of anilines is 1. The summed E-state index contributed by atoms with van der Waals surface area (Å²) < 4.78 is 27.6. The van der Waals surface area contributed by atoms with Crippen molar-refractivity contribution in [2.45, 2.75) is 37.6 Å². The highest BCUT2D eigenvalue weighted by atomic mass is 35.5. The number of amides is 1. The van der Waals surface area contributed by atoms with Gasteiger partial charge < -0.3 is 5.32 Å². The Hall–Kier alpha value is -1.89. The Morgan fingerprint density at radius 3 is 2.44 bits per heavy atom. The standard InChI is InChI=1S/C18H21ClN2O3S/c1-13(8-9-15-6-4-3-5-7-15)21-25(23,24)16-10-11-18(17(19)12-16)20-14(2)22/h3-7,10-13,21H,8-9H2,1-2H3,(H,20,22). The summed E-state index contributed by atoms with van der Waals surface area (Å²) in [6.45, 7) is 3.19. The van der Waals surface area contributed by atoms with Gasteiger partial charge in [-0.25, -0.2) is 13.1 Å². The van der Waals surface area contributed by atoms with Crippen LogP contribution in [0.1, 0.15) is 25.8 Å². The van der Waals surface area contributed by atoms with Crippen molar-refractivity contribution in [2.24, 2.45) is 0 Å². The molecule has 0 radical (unpaired) electrons. The number of hydrogen-bond donors (Lipinski definition) is 2. The smallest absolute Gasteiger partial charge is 0.240 e. The van der Waals surface area contributed by atoms with Gasteiger partial charge in [-0.2, -0.15) is 0 Å². The molecule has 1 unspecified atom stereocenters. The first kappa shape index (κ1) is 19.4. The molecule has 2 aromatic rings. The number of halogens is 1. The lowest BCUT2D eigenvalue weighted by molar-refractivity contribution is -0.114. The van der Waals surface area contributed by atoms with E-state index in [1.165, 1.54) is 25.1 Å². The second-order valence-corrected chi connectivity index (χ2v) is 7.99. The molecule has 0 saturated heterocycles. The minimum Gasteiger partial charge on any atom is -0.325 e. The summed E-state index contributed by atoms with van der Waals surface area (Å²) in [5, 5.41) is 2.72. The van der Waals surface area contributed by atoms with Crippen LogP contribution in [0.4, 0.5) is 5.69 Å². The van der Waals surface area contributed by atoms with Gasteiger partial charge in [0, 0.05) is 13.0 Å². The molecule has 0 aromatic heterocycles. The Balaban J connectivity index is 2.02. The van der Waals surface area contributed by atoms with Gasteiger partial charge in [0.2, 0.25) is 15.9 Å². The largest absolute Gasteiger partial charge is 0.325 e. The number of carbonyl (C=O) groups is 1. The summed E-state index contributed by atoms with van der Waals surface area (Å²) in [4.78, 5) is 11.1. The minimum absolute atomic E-state index is 0.0677. The van der Waals surface area contributed by atoms with Crippen molar-refractivity contribution >= 4 is 33.2 Å². The second-order valence-electron chi connectivity index (χ2n) is 5.87. The van der Waals surface area contributed by atoms with E-state index < -0.39 is 10.0 Å². The number of hydrogen-bond acceptors (Lipinski definition) is 3. The van der Waals surface area contributed by atoms with Crippen LogP contribution in [-0.4, -0.2) is 20.4 Å². The van der Waals surface area contributed by atoms with Crippen LogP contribution in [0.15, 0.2) is 53.4 Å². The van der Waals surface area contributed by atoms with Crippen LogP contribution in [0.3, 0.4) is 0 Å². The summed E-state index contributed by atoms with van der Waals surface area (Å²) >= 11 is 6.05. The maximum Gasteiger partial charge on any atom is 0.240 e. The van der Waals surface area contributed by atoms with Crippen LogP contribution in [-0.2, 0) is 21.2 Å². The van der Waals surface area contributed by atoms with E-state index in [2.05, 4.69) is 10.0 Å². The molecule has 1 atom stereocenters. The zero-order valence-corrected chi connectivity index (χ0v) is 15.7. The summed E-state index contributed by atoms with van der Waals surface area (Å²) in [7, 11) is -3.68. The monoisotopic (exact) mass is 380 g/mol. The topological polar surface area (TPSA) is 75.3 Å². The predicted molar refractivity (Wildman–Crippen MR) is 100 cm³/mol. The molecular weight excluding hydrogens is 360 g/mol. The summed E-state index contributed by atoms with van der Waals surface area (Å²) in [5.41, 5.74) is 1.54. The number of nitrogens with one attached hydrogen (secondary N) is 2. The molecule has 0 heterocycles. The molecule has 0 spiro atoms. The number of carbonyl (C=O) groups excluding carboxylic acids is 1. The molecule has 0 aliphatic rings. The third kappa shape index (κ3) is 5.85. The molecule has 7 heteroatoms. The number of benzene rings is 2. The average Bonchev–Trinajstić information content (AvgIpc) is 2.55. The van der Waals surface area contributed by atoms with Crippen LogP contribution in [0.2, 0.25) is 5.02 Å². The van der Waals surface area contributed by atoms with E-state index in [1.807, 2.05) is 37.3 Å². The van der Waals surface area contributed by atoms with Gasteiger partial charge in [-0.15, -0.1) is 0 Å². The van der Waals surface area contributed by atoms with Gasteiger partial charge in [-0.05, 0) is 43.5 Å². The fraction of sp³-hybridized carbons (Fsp3) is 0.278. The molecule has 0 saturated carbocycles. The van der Waals surface area contributed by atoms with Gasteiger partial charge in [0.1, 0.15) is 0 Å². The van der Waals surface area contributed by atoms with Gasteiger partial charge in [-0.3, -0.25) is 4.79 Å². The number of aryl methyl sites for hydroxylation is 1. The van der Waals surface area contributed by atoms with Crippen LogP contribution < -0.4 is 10.0 Å². The first-order chi connectivity index (χ1) is 11.8. The lowest BCUT2D eigenvalue weighted by atomic mass is 10.1. The van der Waals surface area contributed by atoms with Crippen LogP contribution in [0.5, 0.6) is 0 Å². The van der Waals surface area contributed by atoms with Crippen LogP contribution >= 0.6 is 11.6 Å². The highest BCUT2D eigenvalue weighted by Gasteiger charge is 2.18. The zero-order chi connectivity index (χ0) is 18.4. The third-order valence-electron chi connectivity index (χ3n) is 3.63. The molecule has 2 rings (SSSR count). The Bertz CT molecular complexity index is 839. The van der Waals surface area contributed by atoms with Gasteiger partial charge in [0.15, 0.2) is 0 Å². The van der Waals surface area contributed by atoms with Crippen molar-refractivity contribution in [1.82, 2.24) is 4.72 Å². The molecule has 134 valence electrons. The third-order valence-corrected chi connectivity index (χ3v) is 5.53. The summed E-state index contributed by atoms with van der Waals surface area (Å²) in [6.07, 6.45) is 1.47. The Morgan fingerprint density at radius 1 is 1.16 bits per heavy atom. The van der Waals surface area contributed by atoms with E-state index in [1.54, 1.807) is 0 Å². The molecule has 0 aliphatic heterocycles. The lowest BCUT2D eigenvalue weighted by Gasteiger charge is -2.15. The molecule has 25 heavy (non-hydrogen) atoms. The van der Waals surface area contributed by atoms with Crippen molar-refractivity contribution in [2.75, 3.05) is 5.32 Å². The first-order valence-corrected chi connectivity index (χ1v) is 9.77. The summed E-state index contributed by atoms with van der Waals surface area (Å²) in [5.74, 6) is -0.273. The lowest BCUT2D eigenvalue weighted by Crippen LogP contribution is -2.33. The van der Waals surface area contributed by atoms with Crippen molar-refractivity contribution in [3.63, 3.8) is 0 Å². The maximum absolute atomic E-state index is 12.5. The average molecular weight is 381 g/mol. The Morgan fingerprint density at radius 2 is 1.84 bits per heavy atom. The fourth-order valence-electron chi connectivity index (χ4n) is 2.37. The van der Waals surface area contributed by atoms with E-state index in [9.17, 15) is 13.2 Å². The fourth-order valence-corrected chi connectivity index (χ4v) is 3.97. The van der Waals surface area contributed by atoms with E-state index in [0.717, 1.165) is 12.0 Å². The number of rotatable bonds is 7. The van der Waals surface area contributed by atoms with E-state index in [4.69, 9.17) is 11.6 Å². The molecular formula is C18H21ClN2O3S. The molecule has 1 amide bonds. The number of sulfonamides is 1. The minimum atomic E-state index is -3.68. The normalized spacial score (nSPS) is 12.6. The molecule has 0 aliphatic carbocycles. The highest BCUT2D eigenvalue weighted by molar-refractivity contribution is 7.89. The molecule has 0 fully saturated rings. The Kier molecular flexibility index (Phi) is 6.58. The van der Waals surface area contributed by atoms with E-state index in [-0.39, 0.29) is 21.9 Å². The van der Waals surface area contributed by atoms with Crippen molar-refractivity contribution in [1.29, 1.82) is 0 Å². The van der Waals surface area contributed by atoms with Crippen LogP contribution in [0, 0.1) is 0 Å². The van der Waals surface area contributed by atoms with Gasteiger partial charge in [-0.1, -0.05) is 41.9 Å². The molecule has 0 bridgehead atoms.